The Labute approximate surface area is 126 Å². The Morgan fingerprint density at radius 3 is 2.62 bits per heavy atom. The van der Waals surface area contributed by atoms with Crippen molar-refractivity contribution in [3.63, 3.8) is 0 Å². The van der Waals surface area contributed by atoms with E-state index in [2.05, 4.69) is 40.7 Å². The molecule has 4 nitrogen and oxygen atoms in total. The molecule has 1 aromatic carbocycles. The molecule has 0 bridgehead atoms. The molecule has 1 amide bonds. The molecule has 0 atom stereocenters. The number of nitrogens with one attached hydrogen (secondary N) is 2. The molecule has 0 saturated carbocycles. The van der Waals surface area contributed by atoms with Crippen LogP contribution in [0.5, 0.6) is 0 Å². The quantitative estimate of drug-likeness (QED) is 0.898. The lowest BCUT2D eigenvalue weighted by atomic mass is 9.97. The van der Waals surface area contributed by atoms with E-state index in [9.17, 15) is 4.79 Å². The van der Waals surface area contributed by atoms with E-state index in [1.54, 1.807) is 0 Å². The van der Waals surface area contributed by atoms with Crippen molar-refractivity contribution in [2.75, 3.05) is 36.4 Å². The largest absolute Gasteiger partial charge is 0.372 e. The molecule has 4 heteroatoms. The fourth-order valence-corrected chi connectivity index (χ4v) is 3.28. The van der Waals surface area contributed by atoms with Crippen molar-refractivity contribution in [1.29, 1.82) is 0 Å². The van der Waals surface area contributed by atoms with Gasteiger partial charge in [0.2, 0.25) is 5.91 Å². The summed E-state index contributed by atoms with van der Waals surface area (Å²) in [7, 11) is 0. The van der Waals surface area contributed by atoms with Crippen molar-refractivity contribution in [3.8, 4) is 0 Å². The van der Waals surface area contributed by atoms with Gasteiger partial charge in [0.05, 0.1) is 0 Å². The summed E-state index contributed by atoms with van der Waals surface area (Å²) in [5.41, 5.74) is 3.40. The van der Waals surface area contributed by atoms with Crippen LogP contribution in [-0.4, -0.2) is 32.1 Å². The second-order valence-electron chi connectivity index (χ2n) is 6.21. The summed E-state index contributed by atoms with van der Waals surface area (Å²) in [6, 6.07) is 6.39. The van der Waals surface area contributed by atoms with Crippen molar-refractivity contribution in [1.82, 2.24) is 5.32 Å². The number of aryl methyl sites for hydroxylation is 1. The molecule has 2 aliphatic heterocycles. The molecule has 0 spiro atoms. The number of nitrogens with zero attached hydrogens (tertiary/aromatic N) is 1. The zero-order valence-electron chi connectivity index (χ0n) is 12.8. The Balaban J connectivity index is 1.66. The highest BCUT2D eigenvalue weighted by molar-refractivity contribution is 5.93. The smallest absolute Gasteiger partial charge is 0.227 e. The molecule has 2 heterocycles. The van der Waals surface area contributed by atoms with E-state index in [0.29, 0.717) is 0 Å². The van der Waals surface area contributed by atoms with Crippen molar-refractivity contribution < 1.29 is 4.79 Å². The molecule has 2 saturated heterocycles. The van der Waals surface area contributed by atoms with Crippen LogP contribution < -0.4 is 15.5 Å². The average Bonchev–Trinajstić information content (AvgIpc) is 3.04. The van der Waals surface area contributed by atoms with Crippen LogP contribution >= 0.6 is 0 Å². The number of carbonyl (C=O) groups is 1. The lowest BCUT2D eigenvalue weighted by Crippen LogP contribution is -2.34. The van der Waals surface area contributed by atoms with Crippen LogP contribution in [0.15, 0.2) is 18.2 Å². The maximum Gasteiger partial charge on any atom is 0.227 e. The molecule has 0 unspecified atom stereocenters. The first kappa shape index (κ1) is 14.4. The lowest BCUT2D eigenvalue weighted by molar-refractivity contribution is -0.120. The maximum atomic E-state index is 12.3. The minimum Gasteiger partial charge on any atom is -0.372 e. The van der Waals surface area contributed by atoms with Gasteiger partial charge < -0.3 is 15.5 Å². The van der Waals surface area contributed by atoms with Gasteiger partial charge in [-0.25, -0.2) is 0 Å². The van der Waals surface area contributed by atoms with Gasteiger partial charge in [0, 0.05) is 30.4 Å². The summed E-state index contributed by atoms with van der Waals surface area (Å²) in [6.45, 7) is 6.29. The van der Waals surface area contributed by atoms with E-state index < -0.39 is 0 Å². The van der Waals surface area contributed by atoms with Gasteiger partial charge in [0.1, 0.15) is 0 Å². The third-order valence-electron chi connectivity index (χ3n) is 4.65. The number of benzene rings is 1. The molecule has 2 aliphatic rings. The van der Waals surface area contributed by atoms with Crippen molar-refractivity contribution in [3.05, 3.63) is 23.8 Å². The summed E-state index contributed by atoms with van der Waals surface area (Å²) in [5.74, 6) is 0.331. The molecular weight excluding hydrogens is 262 g/mol. The molecule has 0 aliphatic carbocycles. The highest BCUT2D eigenvalue weighted by atomic mass is 16.1. The predicted octanol–water partition coefficient (Wildman–Crippen LogP) is 2.53. The Morgan fingerprint density at radius 1 is 1.24 bits per heavy atom. The van der Waals surface area contributed by atoms with Gasteiger partial charge >= 0.3 is 0 Å². The zero-order valence-corrected chi connectivity index (χ0v) is 12.8. The van der Waals surface area contributed by atoms with Crippen LogP contribution in [0.25, 0.3) is 0 Å². The van der Waals surface area contributed by atoms with Crippen LogP contribution in [0, 0.1) is 12.8 Å². The number of anilines is 2. The van der Waals surface area contributed by atoms with E-state index in [1.807, 2.05) is 0 Å². The molecule has 2 fully saturated rings. The number of carbonyl (C=O) groups excluding carboxylic acids is 1. The summed E-state index contributed by atoms with van der Waals surface area (Å²) < 4.78 is 0. The Kier molecular flexibility index (Phi) is 4.44. The highest BCUT2D eigenvalue weighted by Crippen LogP contribution is 2.26. The Morgan fingerprint density at radius 2 is 1.95 bits per heavy atom. The Bertz CT molecular complexity index is 503. The monoisotopic (exact) mass is 287 g/mol. The number of rotatable bonds is 3. The fraction of sp³-hybridized carbons (Fsp3) is 0.588. The zero-order chi connectivity index (χ0) is 14.7. The topological polar surface area (TPSA) is 44.4 Å². The normalized spacial score (nSPS) is 19.8. The first-order chi connectivity index (χ1) is 10.2. The third-order valence-corrected chi connectivity index (χ3v) is 4.65. The summed E-state index contributed by atoms with van der Waals surface area (Å²) in [4.78, 5) is 14.7. The summed E-state index contributed by atoms with van der Waals surface area (Å²) >= 11 is 0. The first-order valence-corrected chi connectivity index (χ1v) is 8.11. The highest BCUT2D eigenvalue weighted by Gasteiger charge is 2.21. The maximum absolute atomic E-state index is 12.3. The number of piperidine rings is 1. The number of hydrogen-bond acceptors (Lipinski definition) is 3. The van der Waals surface area contributed by atoms with Crippen LogP contribution in [-0.2, 0) is 4.79 Å². The average molecular weight is 287 g/mol. The van der Waals surface area contributed by atoms with Gasteiger partial charge in [-0.05, 0) is 69.5 Å². The van der Waals surface area contributed by atoms with Crippen LogP contribution in [0.1, 0.15) is 31.2 Å². The molecule has 1 aromatic rings. The second-order valence-corrected chi connectivity index (χ2v) is 6.21. The van der Waals surface area contributed by atoms with Crippen molar-refractivity contribution in [2.45, 2.75) is 32.6 Å². The van der Waals surface area contributed by atoms with Crippen LogP contribution in [0.2, 0.25) is 0 Å². The minimum absolute atomic E-state index is 0.156. The van der Waals surface area contributed by atoms with Gasteiger partial charge in [-0.3, -0.25) is 4.79 Å². The van der Waals surface area contributed by atoms with Crippen molar-refractivity contribution in [2.24, 2.45) is 5.92 Å². The fourth-order valence-electron chi connectivity index (χ4n) is 3.28. The molecule has 3 rings (SSSR count). The predicted molar refractivity (Wildman–Crippen MR) is 86.8 cm³/mol. The Hall–Kier alpha value is -1.55. The lowest BCUT2D eigenvalue weighted by Gasteiger charge is -2.23. The van der Waals surface area contributed by atoms with Gasteiger partial charge in [0.15, 0.2) is 0 Å². The second kappa shape index (κ2) is 6.48. The van der Waals surface area contributed by atoms with E-state index in [-0.39, 0.29) is 11.8 Å². The molecule has 114 valence electrons. The van der Waals surface area contributed by atoms with E-state index in [1.165, 1.54) is 18.5 Å². The number of amides is 1. The molecular formula is C17H25N3O. The van der Waals surface area contributed by atoms with Gasteiger partial charge in [-0.15, -0.1) is 0 Å². The molecule has 21 heavy (non-hydrogen) atoms. The molecule has 2 N–H and O–H groups in total. The third kappa shape index (κ3) is 3.38. The van der Waals surface area contributed by atoms with Gasteiger partial charge in [0.25, 0.3) is 0 Å². The summed E-state index contributed by atoms with van der Waals surface area (Å²) in [5, 5.41) is 6.41. The minimum atomic E-state index is 0.156. The van der Waals surface area contributed by atoms with Gasteiger partial charge in [-0.1, -0.05) is 0 Å². The SMILES string of the molecule is Cc1cc(N2CCCC2)ccc1NC(=O)C1CCNCC1. The standard InChI is InChI=1S/C17H25N3O/c1-13-12-15(20-10-2-3-11-20)4-5-16(13)19-17(21)14-6-8-18-9-7-14/h4-5,12,14,18H,2-3,6-11H2,1H3,(H,19,21). The molecule has 0 aromatic heterocycles. The van der Waals surface area contributed by atoms with E-state index in [4.69, 9.17) is 0 Å². The summed E-state index contributed by atoms with van der Waals surface area (Å²) in [6.07, 6.45) is 4.45. The van der Waals surface area contributed by atoms with Crippen LogP contribution in [0.3, 0.4) is 0 Å². The molecule has 0 radical (unpaired) electrons. The van der Waals surface area contributed by atoms with E-state index in [0.717, 1.165) is 50.3 Å². The van der Waals surface area contributed by atoms with E-state index >= 15 is 0 Å². The van der Waals surface area contributed by atoms with Gasteiger partial charge in [-0.2, -0.15) is 0 Å². The van der Waals surface area contributed by atoms with Crippen LogP contribution in [0.4, 0.5) is 11.4 Å². The number of hydrogen-bond donors (Lipinski definition) is 2. The van der Waals surface area contributed by atoms with Crippen molar-refractivity contribution >= 4 is 17.3 Å². The first-order valence-electron chi connectivity index (χ1n) is 8.11.